The number of carbonyl (C=O) groups is 1. The number of benzene rings is 1. The van der Waals surface area contributed by atoms with Gasteiger partial charge in [-0.25, -0.2) is 0 Å². The summed E-state index contributed by atoms with van der Waals surface area (Å²) in [5.74, 6) is 1.06. The SMILES string of the molecule is COc1cc(C(=O)N2CCC(C(N)=S)CC2)ccc1C. The number of methoxy groups -OCH3 is 1. The van der Waals surface area contributed by atoms with Gasteiger partial charge in [0.25, 0.3) is 5.91 Å². The Bertz CT molecular complexity index is 523. The van der Waals surface area contributed by atoms with E-state index in [-0.39, 0.29) is 11.8 Å². The summed E-state index contributed by atoms with van der Waals surface area (Å²) < 4.78 is 5.27. The van der Waals surface area contributed by atoms with Crippen LogP contribution in [0.5, 0.6) is 5.75 Å². The van der Waals surface area contributed by atoms with Crippen LogP contribution in [0.4, 0.5) is 0 Å². The predicted octanol–water partition coefficient (Wildman–Crippen LogP) is 2.14. The average Bonchev–Trinajstić information content (AvgIpc) is 2.47. The van der Waals surface area contributed by atoms with Crippen molar-refractivity contribution in [2.75, 3.05) is 20.2 Å². The molecule has 0 bridgehead atoms. The van der Waals surface area contributed by atoms with Gasteiger partial charge in [0.1, 0.15) is 5.75 Å². The van der Waals surface area contributed by atoms with Crippen LogP contribution in [0.3, 0.4) is 0 Å². The molecule has 0 radical (unpaired) electrons. The van der Waals surface area contributed by atoms with E-state index in [4.69, 9.17) is 22.7 Å². The lowest BCUT2D eigenvalue weighted by Crippen LogP contribution is -2.41. The monoisotopic (exact) mass is 292 g/mol. The third-order valence-electron chi connectivity index (χ3n) is 3.84. The predicted molar refractivity (Wildman–Crippen MR) is 83.1 cm³/mol. The summed E-state index contributed by atoms with van der Waals surface area (Å²) in [6, 6.07) is 5.56. The van der Waals surface area contributed by atoms with Gasteiger partial charge in [-0.15, -0.1) is 0 Å². The van der Waals surface area contributed by atoms with Gasteiger partial charge in [-0.2, -0.15) is 0 Å². The maximum atomic E-state index is 12.5. The van der Waals surface area contributed by atoms with Crippen molar-refractivity contribution in [1.29, 1.82) is 0 Å². The van der Waals surface area contributed by atoms with Gasteiger partial charge in [0.05, 0.1) is 12.1 Å². The quantitative estimate of drug-likeness (QED) is 0.867. The zero-order chi connectivity index (χ0) is 14.7. The molecule has 1 aliphatic rings. The largest absolute Gasteiger partial charge is 0.496 e. The summed E-state index contributed by atoms with van der Waals surface area (Å²) in [5, 5.41) is 0. The van der Waals surface area contributed by atoms with Crippen molar-refractivity contribution in [2.24, 2.45) is 11.7 Å². The number of aryl methyl sites for hydroxylation is 1. The number of hydrogen-bond donors (Lipinski definition) is 1. The second-order valence-electron chi connectivity index (χ2n) is 5.15. The Morgan fingerprint density at radius 3 is 2.60 bits per heavy atom. The zero-order valence-corrected chi connectivity index (χ0v) is 12.7. The molecule has 0 aromatic heterocycles. The fourth-order valence-electron chi connectivity index (χ4n) is 2.50. The number of rotatable bonds is 3. The minimum absolute atomic E-state index is 0.0460. The Hall–Kier alpha value is -1.62. The fraction of sp³-hybridized carbons (Fsp3) is 0.467. The summed E-state index contributed by atoms with van der Waals surface area (Å²) in [4.78, 5) is 14.9. The maximum Gasteiger partial charge on any atom is 0.253 e. The normalized spacial score (nSPS) is 16.0. The van der Waals surface area contributed by atoms with Crippen LogP contribution in [0.1, 0.15) is 28.8 Å². The Labute approximate surface area is 124 Å². The Balaban J connectivity index is 2.07. The molecule has 0 spiro atoms. The fourth-order valence-corrected chi connectivity index (χ4v) is 2.74. The van der Waals surface area contributed by atoms with Gasteiger partial charge < -0.3 is 15.4 Å². The summed E-state index contributed by atoms with van der Waals surface area (Å²) >= 11 is 5.02. The number of ether oxygens (including phenoxy) is 1. The smallest absolute Gasteiger partial charge is 0.253 e. The van der Waals surface area contributed by atoms with E-state index in [1.54, 1.807) is 13.2 Å². The number of nitrogens with zero attached hydrogens (tertiary/aromatic N) is 1. The van der Waals surface area contributed by atoms with Crippen molar-refractivity contribution in [3.05, 3.63) is 29.3 Å². The second-order valence-corrected chi connectivity index (χ2v) is 5.62. The minimum atomic E-state index is 0.0460. The highest BCUT2D eigenvalue weighted by molar-refractivity contribution is 7.80. The summed E-state index contributed by atoms with van der Waals surface area (Å²) in [7, 11) is 1.62. The van der Waals surface area contributed by atoms with Gasteiger partial charge in [0.2, 0.25) is 0 Å². The summed E-state index contributed by atoms with van der Waals surface area (Å²) in [6.45, 7) is 3.37. The number of amides is 1. The average molecular weight is 292 g/mol. The maximum absolute atomic E-state index is 12.5. The molecule has 2 rings (SSSR count). The first-order valence-corrected chi connectivity index (χ1v) is 7.17. The first-order chi connectivity index (χ1) is 9.52. The lowest BCUT2D eigenvalue weighted by Gasteiger charge is -2.31. The van der Waals surface area contributed by atoms with Gasteiger partial charge in [0.15, 0.2) is 0 Å². The van der Waals surface area contributed by atoms with Crippen molar-refractivity contribution in [1.82, 2.24) is 4.90 Å². The molecule has 20 heavy (non-hydrogen) atoms. The van der Waals surface area contributed by atoms with Crippen LogP contribution < -0.4 is 10.5 Å². The first kappa shape index (κ1) is 14.8. The number of nitrogens with two attached hydrogens (primary N) is 1. The third-order valence-corrected chi connectivity index (χ3v) is 4.17. The number of piperidine rings is 1. The molecule has 1 heterocycles. The standard InChI is InChI=1S/C15H20N2O2S/c1-10-3-4-12(9-13(10)19-2)15(18)17-7-5-11(6-8-17)14(16)20/h3-4,9,11H,5-8H2,1-2H3,(H2,16,20). The highest BCUT2D eigenvalue weighted by atomic mass is 32.1. The molecule has 108 valence electrons. The number of likely N-dealkylation sites (tertiary alicyclic amines) is 1. The van der Waals surface area contributed by atoms with Gasteiger partial charge in [-0.05, 0) is 37.5 Å². The van der Waals surface area contributed by atoms with Gasteiger partial charge in [-0.1, -0.05) is 18.3 Å². The second kappa shape index (κ2) is 6.22. The van der Waals surface area contributed by atoms with E-state index >= 15 is 0 Å². The molecule has 4 nitrogen and oxygen atoms in total. The summed E-state index contributed by atoms with van der Waals surface area (Å²) in [5.41, 5.74) is 7.36. The van der Waals surface area contributed by atoms with E-state index in [0.717, 1.165) is 24.2 Å². The Morgan fingerprint density at radius 1 is 1.40 bits per heavy atom. The van der Waals surface area contributed by atoms with Crippen molar-refractivity contribution in [2.45, 2.75) is 19.8 Å². The van der Waals surface area contributed by atoms with Gasteiger partial charge in [0, 0.05) is 24.6 Å². The summed E-state index contributed by atoms with van der Waals surface area (Å²) in [6.07, 6.45) is 1.70. The molecular formula is C15H20N2O2S. The first-order valence-electron chi connectivity index (χ1n) is 6.76. The molecular weight excluding hydrogens is 272 g/mol. The zero-order valence-electron chi connectivity index (χ0n) is 11.9. The van der Waals surface area contributed by atoms with E-state index < -0.39 is 0 Å². The van der Waals surface area contributed by atoms with E-state index in [9.17, 15) is 4.79 Å². The number of hydrogen-bond acceptors (Lipinski definition) is 3. The van der Waals surface area contributed by atoms with Crippen molar-refractivity contribution < 1.29 is 9.53 Å². The molecule has 0 aliphatic carbocycles. The lowest BCUT2D eigenvalue weighted by atomic mass is 9.96. The number of carbonyl (C=O) groups excluding carboxylic acids is 1. The Kier molecular flexibility index (Phi) is 4.60. The molecule has 1 aromatic rings. The highest BCUT2D eigenvalue weighted by Crippen LogP contribution is 2.23. The lowest BCUT2D eigenvalue weighted by molar-refractivity contribution is 0.0710. The van der Waals surface area contributed by atoms with Crippen LogP contribution in [0.15, 0.2) is 18.2 Å². The molecule has 0 saturated carbocycles. The van der Waals surface area contributed by atoms with Gasteiger partial charge in [-0.3, -0.25) is 4.79 Å². The van der Waals surface area contributed by atoms with Crippen molar-refractivity contribution in [3.8, 4) is 5.75 Å². The van der Waals surface area contributed by atoms with Crippen LogP contribution in [0.2, 0.25) is 0 Å². The highest BCUT2D eigenvalue weighted by Gasteiger charge is 2.25. The molecule has 1 aromatic carbocycles. The molecule has 1 fully saturated rings. The topological polar surface area (TPSA) is 55.6 Å². The van der Waals surface area contributed by atoms with E-state index in [2.05, 4.69) is 0 Å². The van der Waals surface area contributed by atoms with Crippen LogP contribution in [0, 0.1) is 12.8 Å². The van der Waals surface area contributed by atoms with E-state index in [1.807, 2.05) is 24.0 Å². The van der Waals surface area contributed by atoms with Crippen molar-refractivity contribution >= 4 is 23.1 Å². The van der Waals surface area contributed by atoms with Crippen LogP contribution in [0.25, 0.3) is 0 Å². The van der Waals surface area contributed by atoms with E-state index in [1.165, 1.54) is 0 Å². The molecule has 1 amide bonds. The molecule has 5 heteroatoms. The minimum Gasteiger partial charge on any atom is -0.496 e. The molecule has 0 unspecified atom stereocenters. The molecule has 1 saturated heterocycles. The molecule has 0 atom stereocenters. The Morgan fingerprint density at radius 2 is 2.05 bits per heavy atom. The van der Waals surface area contributed by atoms with E-state index in [0.29, 0.717) is 23.6 Å². The van der Waals surface area contributed by atoms with Crippen molar-refractivity contribution in [3.63, 3.8) is 0 Å². The number of thiocarbonyl (C=S) groups is 1. The van der Waals surface area contributed by atoms with Crippen LogP contribution in [-0.4, -0.2) is 36.0 Å². The van der Waals surface area contributed by atoms with Crippen LogP contribution >= 0.6 is 12.2 Å². The molecule has 2 N–H and O–H groups in total. The third kappa shape index (κ3) is 3.10. The molecule has 1 aliphatic heterocycles. The van der Waals surface area contributed by atoms with Crippen LogP contribution in [-0.2, 0) is 0 Å². The van der Waals surface area contributed by atoms with Gasteiger partial charge >= 0.3 is 0 Å².